The van der Waals surface area contributed by atoms with E-state index in [-0.39, 0.29) is 11.1 Å². The van der Waals surface area contributed by atoms with Crippen molar-refractivity contribution >= 4 is 44.5 Å². The third-order valence-electron chi connectivity index (χ3n) is 1.67. The molecule has 0 spiro atoms. The molecule has 0 fully saturated rings. The van der Waals surface area contributed by atoms with Gasteiger partial charge in [-0.1, -0.05) is 11.6 Å². The van der Waals surface area contributed by atoms with Gasteiger partial charge in [0.15, 0.2) is 5.65 Å². The summed E-state index contributed by atoms with van der Waals surface area (Å²) in [7, 11) is 0. The van der Waals surface area contributed by atoms with Gasteiger partial charge in [0.2, 0.25) is 5.91 Å². The first-order valence-electron chi connectivity index (χ1n) is 3.67. The summed E-state index contributed by atoms with van der Waals surface area (Å²) in [5.74, 6) is -0.226. The van der Waals surface area contributed by atoms with Crippen LogP contribution in [0.25, 0.3) is 11.0 Å². The molecule has 0 amide bonds. The smallest absolute Gasteiger partial charge is 0.245 e. The Morgan fingerprint density at radius 2 is 2.29 bits per heavy atom. The van der Waals surface area contributed by atoms with Crippen molar-refractivity contribution in [3.05, 3.63) is 16.1 Å². The molecule has 0 N–H and O–H groups in total. The van der Waals surface area contributed by atoms with Crippen molar-refractivity contribution in [1.29, 1.82) is 0 Å². The van der Waals surface area contributed by atoms with E-state index in [4.69, 9.17) is 11.6 Å². The van der Waals surface area contributed by atoms with Crippen LogP contribution in [0, 0.1) is 0 Å². The third-order valence-corrected chi connectivity index (χ3v) is 2.52. The molecule has 7 heteroatoms. The van der Waals surface area contributed by atoms with Gasteiger partial charge >= 0.3 is 0 Å². The van der Waals surface area contributed by atoms with Crippen LogP contribution in [0.2, 0.25) is 5.15 Å². The maximum Gasteiger partial charge on any atom is 0.245 e. The minimum atomic E-state index is -0.226. The number of nitrogens with zero attached hydrogens (tertiary/aromatic N) is 4. The Kier molecular flexibility index (Phi) is 2.24. The molecule has 0 aliphatic rings. The number of aromatic nitrogens is 4. The third kappa shape index (κ3) is 1.31. The van der Waals surface area contributed by atoms with Crippen molar-refractivity contribution in [3.8, 4) is 0 Å². The van der Waals surface area contributed by atoms with Crippen LogP contribution in [0.1, 0.15) is 11.7 Å². The Bertz CT molecular complexity index is 524. The van der Waals surface area contributed by atoms with Crippen molar-refractivity contribution in [2.24, 2.45) is 0 Å². The molecule has 0 radical (unpaired) electrons. The fourth-order valence-corrected chi connectivity index (χ4v) is 1.95. The molecule has 0 aliphatic carbocycles. The van der Waals surface area contributed by atoms with Gasteiger partial charge in [-0.25, -0.2) is 9.97 Å². The Hall–Kier alpha value is -1.01. The molecule has 0 aromatic carbocycles. The van der Waals surface area contributed by atoms with Crippen molar-refractivity contribution in [2.75, 3.05) is 0 Å². The Morgan fingerprint density at radius 3 is 2.93 bits per heavy atom. The molecular formula is C7H4BrClN4O. The number of carbonyl (C=O) groups is 1. The zero-order valence-corrected chi connectivity index (χ0v) is 9.37. The zero-order chi connectivity index (χ0) is 10.3. The topological polar surface area (TPSA) is 60.7 Å². The second-order valence-electron chi connectivity index (χ2n) is 2.58. The zero-order valence-electron chi connectivity index (χ0n) is 7.03. The highest BCUT2D eigenvalue weighted by atomic mass is 79.9. The molecule has 0 saturated heterocycles. The van der Waals surface area contributed by atoms with Crippen molar-refractivity contribution < 1.29 is 4.79 Å². The highest BCUT2D eigenvalue weighted by Crippen LogP contribution is 2.26. The Labute approximate surface area is 92.2 Å². The van der Waals surface area contributed by atoms with Crippen molar-refractivity contribution in [1.82, 2.24) is 19.7 Å². The van der Waals surface area contributed by atoms with Crippen LogP contribution in [0.4, 0.5) is 0 Å². The molecular weight excluding hydrogens is 271 g/mol. The lowest BCUT2D eigenvalue weighted by atomic mass is 10.4. The maximum atomic E-state index is 11.2. The lowest BCUT2D eigenvalue weighted by Gasteiger charge is -1.94. The minimum Gasteiger partial charge on any atom is -0.273 e. The lowest BCUT2D eigenvalue weighted by molar-refractivity contribution is 0.0925. The summed E-state index contributed by atoms with van der Waals surface area (Å²) in [4.78, 5) is 18.9. The second kappa shape index (κ2) is 3.29. The molecule has 0 bridgehead atoms. The summed E-state index contributed by atoms with van der Waals surface area (Å²) in [6, 6.07) is 0. The average Bonchev–Trinajstić information content (AvgIpc) is 2.45. The lowest BCUT2D eigenvalue weighted by Crippen LogP contribution is -2.07. The average molecular weight is 275 g/mol. The van der Waals surface area contributed by atoms with Gasteiger partial charge in [-0.2, -0.15) is 9.78 Å². The summed E-state index contributed by atoms with van der Waals surface area (Å²) >= 11 is 9.02. The van der Waals surface area contributed by atoms with Crippen LogP contribution in [-0.2, 0) is 0 Å². The number of carbonyl (C=O) groups excluding carboxylic acids is 1. The molecule has 2 rings (SSSR count). The first kappa shape index (κ1) is 9.54. The van der Waals surface area contributed by atoms with E-state index in [1.165, 1.54) is 17.9 Å². The predicted octanol–water partition coefficient (Wildman–Crippen LogP) is 1.90. The quantitative estimate of drug-likeness (QED) is 0.689. The van der Waals surface area contributed by atoms with E-state index in [1.807, 2.05) is 0 Å². The van der Waals surface area contributed by atoms with Crippen molar-refractivity contribution in [2.45, 2.75) is 6.92 Å². The highest BCUT2D eigenvalue weighted by molar-refractivity contribution is 9.10. The van der Waals surface area contributed by atoms with Crippen LogP contribution >= 0.6 is 27.5 Å². The number of halogens is 2. The molecule has 0 atom stereocenters. The van der Waals surface area contributed by atoms with E-state index in [0.717, 1.165) is 0 Å². The van der Waals surface area contributed by atoms with Gasteiger partial charge in [0.1, 0.15) is 16.1 Å². The fourth-order valence-electron chi connectivity index (χ4n) is 1.10. The van der Waals surface area contributed by atoms with Gasteiger partial charge in [-0.3, -0.25) is 4.79 Å². The first-order valence-corrected chi connectivity index (χ1v) is 4.84. The molecule has 5 nitrogen and oxygen atoms in total. The summed E-state index contributed by atoms with van der Waals surface area (Å²) in [5.41, 5.74) is 0.407. The van der Waals surface area contributed by atoms with Gasteiger partial charge in [0, 0.05) is 6.92 Å². The molecule has 2 aromatic rings. The number of fused-ring (bicyclic) bond motifs is 1. The molecule has 14 heavy (non-hydrogen) atoms. The summed E-state index contributed by atoms with van der Waals surface area (Å²) < 4.78 is 1.64. The van der Waals surface area contributed by atoms with E-state index in [2.05, 4.69) is 31.0 Å². The summed E-state index contributed by atoms with van der Waals surface area (Å²) in [5, 5.41) is 4.77. The van der Waals surface area contributed by atoms with Gasteiger partial charge in [-0.15, -0.1) is 0 Å². The Balaban J connectivity index is 2.91. The van der Waals surface area contributed by atoms with E-state index in [1.54, 1.807) is 0 Å². The first-order chi connectivity index (χ1) is 6.61. The molecule has 0 aliphatic heterocycles. The van der Waals surface area contributed by atoms with E-state index >= 15 is 0 Å². The molecule has 0 unspecified atom stereocenters. The van der Waals surface area contributed by atoms with Crippen LogP contribution < -0.4 is 0 Å². The van der Waals surface area contributed by atoms with Gasteiger partial charge in [-0.05, 0) is 15.9 Å². The Morgan fingerprint density at radius 1 is 1.57 bits per heavy atom. The standard InChI is InChI=1S/C7H4BrClN4O/c1-3(14)13-7-4(5(8)12-13)6(9)10-2-11-7/h2H,1H3. The van der Waals surface area contributed by atoms with Crippen LogP contribution in [0.5, 0.6) is 0 Å². The number of rotatable bonds is 0. The monoisotopic (exact) mass is 274 g/mol. The summed E-state index contributed by atoms with van der Waals surface area (Å²) in [6.45, 7) is 1.40. The van der Waals surface area contributed by atoms with Crippen LogP contribution in [0.15, 0.2) is 10.9 Å². The van der Waals surface area contributed by atoms with Gasteiger partial charge in [0.05, 0.1) is 5.39 Å². The van der Waals surface area contributed by atoms with E-state index < -0.39 is 0 Å². The number of hydrogen-bond donors (Lipinski definition) is 0. The van der Waals surface area contributed by atoms with Crippen LogP contribution in [-0.4, -0.2) is 25.7 Å². The molecule has 0 saturated carbocycles. The minimum absolute atomic E-state index is 0.226. The van der Waals surface area contributed by atoms with Gasteiger partial charge < -0.3 is 0 Å². The largest absolute Gasteiger partial charge is 0.273 e. The SMILES string of the molecule is CC(=O)n1nc(Br)c2c(Cl)ncnc21. The van der Waals surface area contributed by atoms with E-state index in [9.17, 15) is 4.79 Å². The molecule has 72 valence electrons. The normalized spacial score (nSPS) is 10.8. The molecule has 2 heterocycles. The molecule has 2 aromatic heterocycles. The fraction of sp³-hybridized carbons (Fsp3) is 0.143. The summed E-state index contributed by atoms with van der Waals surface area (Å²) in [6.07, 6.45) is 1.29. The maximum absolute atomic E-state index is 11.2. The van der Waals surface area contributed by atoms with E-state index in [0.29, 0.717) is 15.6 Å². The second-order valence-corrected chi connectivity index (χ2v) is 3.69. The predicted molar refractivity (Wildman–Crippen MR) is 54.3 cm³/mol. The number of hydrogen-bond acceptors (Lipinski definition) is 4. The van der Waals surface area contributed by atoms with Crippen LogP contribution in [0.3, 0.4) is 0 Å². The van der Waals surface area contributed by atoms with Crippen molar-refractivity contribution in [3.63, 3.8) is 0 Å². The highest BCUT2D eigenvalue weighted by Gasteiger charge is 2.15. The van der Waals surface area contributed by atoms with Gasteiger partial charge in [0.25, 0.3) is 0 Å².